The van der Waals surface area contributed by atoms with Crippen LogP contribution in [0.4, 0.5) is 0 Å². The van der Waals surface area contributed by atoms with Gasteiger partial charge in [0.1, 0.15) is 5.75 Å². The Morgan fingerprint density at radius 3 is 2.94 bits per heavy atom. The molecule has 84 valence electrons. The summed E-state index contributed by atoms with van der Waals surface area (Å²) in [6.45, 7) is 2.07. The maximum Gasteiger partial charge on any atom is 0.142 e. The number of aryl methyl sites for hydroxylation is 1. The minimum Gasteiger partial charge on any atom is -0.495 e. The molecule has 0 aromatic carbocycles. The molecule has 2 aromatic rings. The van der Waals surface area contributed by atoms with E-state index in [0.29, 0.717) is 0 Å². The van der Waals surface area contributed by atoms with E-state index in [1.165, 1.54) is 4.88 Å². The van der Waals surface area contributed by atoms with Crippen molar-refractivity contribution in [1.82, 2.24) is 4.98 Å². The van der Waals surface area contributed by atoms with Crippen LogP contribution in [0, 0.1) is 6.92 Å². The van der Waals surface area contributed by atoms with Gasteiger partial charge in [-0.15, -0.1) is 11.3 Å². The lowest BCUT2D eigenvalue weighted by Gasteiger charge is -2.13. The molecule has 0 aliphatic heterocycles. The summed E-state index contributed by atoms with van der Waals surface area (Å²) in [7, 11) is 1.63. The number of thiophene rings is 1. The summed E-state index contributed by atoms with van der Waals surface area (Å²) in [5, 5.41) is 2.08. The van der Waals surface area contributed by atoms with Crippen LogP contribution in [0.25, 0.3) is 0 Å². The highest BCUT2D eigenvalue weighted by Crippen LogP contribution is 2.29. The van der Waals surface area contributed by atoms with Crippen molar-refractivity contribution in [1.29, 1.82) is 0 Å². The number of rotatable bonds is 3. The van der Waals surface area contributed by atoms with E-state index in [0.717, 1.165) is 16.9 Å². The Bertz CT molecular complexity index is 481. The van der Waals surface area contributed by atoms with Crippen molar-refractivity contribution in [3.63, 3.8) is 0 Å². The summed E-state index contributed by atoms with van der Waals surface area (Å²) in [5.41, 5.74) is 8.29. The first-order valence-electron chi connectivity index (χ1n) is 5.01. The van der Waals surface area contributed by atoms with Crippen LogP contribution in [0.2, 0.25) is 0 Å². The molecule has 1 unspecified atom stereocenters. The van der Waals surface area contributed by atoms with Crippen molar-refractivity contribution in [2.24, 2.45) is 5.73 Å². The lowest BCUT2D eigenvalue weighted by Crippen LogP contribution is -2.12. The Labute approximate surface area is 98.9 Å². The van der Waals surface area contributed by atoms with Crippen molar-refractivity contribution in [3.05, 3.63) is 45.9 Å². The maximum absolute atomic E-state index is 6.20. The number of nitrogens with zero attached hydrogens (tertiary/aromatic N) is 1. The van der Waals surface area contributed by atoms with Gasteiger partial charge in [0.25, 0.3) is 0 Å². The number of pyridine rings is 1. The molecule has 16 heavy (non-hydrogen) atoms. The minimum absolute atomic E-state index is 0.150. The highest BCUT2D eigenvalue weighted by Gasteiger charge is 2.14. The van der Waals surface area contributed by atoms with Crippen LogP contribution in [0.15, 0.2) is 29.9 Å². The number of nitrogens with two attached hydrogens (primary N) is 1. The van der Waals surface area contributed by atoms with Gasteiger partial charge in [-0.3, -0.25) is 4.98 Å². The largest absolute Gasteiger partial charge is 0.495 e. The van der Waals surface area contributed by atoms with Gasteiger partial charge in [-0.25, -0.2) is 0 Å². The van der Waals surface area contributed by atoms with Gasteiger partial charge in [0.05, 0.1) is 19.3 Å². The molecule has 0 aliphatic carbocycles. The van der Waals surface area contributed by atoms with Crippen LogP contribution in [0.5, 0.6) is 5.75 Å². The lowest BCUT2D eigenvalue weighted by atomic mass is 10.0. The summed E-state index contributed by atoms with van der Waals surface area (Å²) in [5.74, 6) is 0.735. The highest BCUT2D eigenvalue weighted by atomic mass is 32.1. The Morgan fingerprint density at radius 1 is 1.50 bits per heavy atom. The summed E-state index contributed by atoms with van der Waals surface area (Å²) >= 11 is 1.70. The van der Waals surface area contributed by atoms with Gasteiger partial charge in [-0.05, 0) is 30.0 Å². The Kier molecular flexibility index (Phi) is 3.22. The van der Waals surface area contributed by atoms with Gasteiger partial charge in [-0.1, -0.05) is 0 Å². The van der Waals surface area contributed by atoms with Crippen LogP contribution >= 0.6 is 11.3 Å². The molecule has 2 rings (SSSR count). The molecule has 2 N–H and O–H groups in total. The normalized spacial score (nSPS) is 12.4. The zero-order chi connectivity index (χ0) is 11.5. The van der Waals surface area contributed by atoms with Gasteiger partial charge in [0.2, 0.25) is 0 Å². The molecule has 4 heteroatoms. The van der Waals surface area contributed by atoms with Crippen LogP contribution < -0.4 is 10.5 Å². The predicted molar refractivity (Wildman–Crippen MR) is 65.9 cm³/mol. The molecule has 0 amide bonds. The second-order valence-electron chi connectivity index (χ2n) is 3.59. The number of aromatic nitrogens is 1. The Balaban J connectivity index is 2.36. The molecule has 0 radical (unpaired) electrons. The number of hydrogen-bond donors (Lipinski definition) is 1. The van der Waals surface area contributed by atoms with E-state index >= 15 is 0 Å². The van der Waals surface area contributed by atoms with Crippen LogP contribution in [-0.4, -0.2) is 12.1 Å². The van der Waals surface area contributed by atoms with E-state index in [9.17, 15) is 0 Å². The van der Waals surface area contributed by atoms with Crippen molar-refractivity contribution >= 4 is 11.3 Å². The molecule has 3 nitrogen and oxygen atoms in total. The lowest BCUT2D eigenvalue weighted by molar-refractivity contribution is 0.406. The summed E-state index contributed by atoms with van der Waals surface area (Å²) in [6, 6.07) is 3.86. The summed E-state index contributed by atoms with van der Waals surface area (Å²) in [6.07, 6.45) is 3.42. The van der Waals surface area contributed by atoms with Crippen molar-refractivity contribution < 1.29 is 4.74 Å². The third-order valence-corrected chi connectivity index (χ3v) is 3.36. The average molecular weight is 234 g/mol. The Hall–Kier alpha value is -1.39. The summed E-state index contributed by atoms with van der Waals surface area (Å²) < 4.78 is 5.26. The first-order chi connectivity index (χ1) is 7.72. The second kappa shape index (κ2) is 4.63. The van der Waals surface area contributed by atoms with E-state index in [1.54, 1.807) is 30.8 Å². The summed E-state index contributed by atoms with van der Waals surface area (Å²) in [4.78, 5) is 5.28. The first kappa shape index (κ1) is 11.1. The van der Waals surface area contributed by atoms with Crippen LogP contribution in [0.1, 0.15) is 22.0 Å². The van der Waals surface area contributed by atoms with Crippen molar-refractivity contribution in [3.8, 4) is 5.75 Å². The van der Waals surface area contributed by atoms with Gasteiger partial charge in [0, 0.05) is 16.6 Å². The minimum atomic E-state index is -0.150. The first-order valence-corrected chi connectivity index (χ1v) is 5.89. The average Bonchev–Trinajstić information content (AvgIpc) is 2.75. The highest BCUT2D eigenvalue weighted by molar-refractivity contribution is 7.10. The molecule has 0 aliphatic rings. The number of hydrogen-bond acceptors (Lipinski definition) is 4. The molecule has 0 saturated carbocycles. The molecule has 0 saturated heterocycles. The van der Waals surface area contributed by atoms with Gasteiger partial charge >= 0.3 is 0 Å². The molecule has 1 atom stereocenters. The molecule has 0 fully saturated rings. The second-order valence-corrected chi connectivity index (χ2v) is 4.70. The zero-order valence-corrected chi connectivity index (χ0v) is 10.1. The molecule has 2 heterocycles. The monoisotopic (exact) mass is 234 g/mol. The third-order valence-electron chi connectivity index (χ3n) is 2.48. The SMILES string of the molecule is COc1cnccc1C(N)c1csc(C)c1. The topological polar surface area (TPSA) is 48.1 Å². The fourth-order valence-corrected chi connectivity index (χ4v) is 2.37. The number of ether oxygens (including phenoxy) is 1. The number of methoxy groups -OCH3 is 1. The van der Waals surface area contributed by atoms with E-state index in [4.69, 9.17) is 10.5 Å². The fraction of sp³-hybridized carbons (Fsp3) is 0.250. The molecular weight excluding hydrogens is 220 g/mol. The van der Waals surface area contributed by atoms with E-state index in [-0.39, 0.29) is 6.04 Å². The van der Waals surface area contributed by atoms with Crippen LogP contribution in [-0.2, 0) is 0 Å². The van der Waals surface area contributed by atoms with Gasteiger partial charge in [0.15, 0.2) is 0 Å². The molecule has 0 spiro atoms. The standard InChI is InChI=1S/C12H14N2OS/c1-8-5-9(7-16-8)12(13)10-3-4-14-6-11(10)15-2/h3-7,12H,13H2,1-2H3. The van der Waals surface area contributed by atoms with E-state index in [2.05, 4.69) is 23.4 Å². The van der Waals surface area contributed by atoms with Crippen molar-refractivity contribution in [2.45, 2.75) is 13.0 Å². The van der Waals surface area contributed by atoms with Gasteiger partial charge in [-0.2, -0.15) is 0 Å². The predicted octanol–water partition coefficient (Wildman–Crippen LogP) is 2.51. The zero-order valence-electron chi connectivity index (χ0n) is 9.31. The maximum atomic E-state index is 6.20. The molecule has 2 aromatic heterocycles. The fourth-order valence-electron chi connectivity index (χ4n) is 1.62. The van der Waals surface area contributed by atoms with E-state index in [1.807, 2.05) is 6.07 Å². The van der Waals surface area contributed by atoms with Gasteiger partial charge < -0.3 is 10.5 Å². The van der Waals surface area contributed by atoms with E-state index < -0.39 is 0 Å². The van der Waals surface area contributed by atoms with Crippen LogP contribution in [0.3, 0.4) is 0 Å². The van der Waals surface area contributed by atoms with Crippen molar-refractivity contribution in [2.75, 3.05) is 7.11 Å². The Morgan fingerprint density at radius 2 is 2.31 bits per heavy atom. The molecular formula is C12H14N2OS. The molecule has 0 bridgehead atoms. The third kappa shape index (κ3) is 2.08. The smallest absolute Gasteiger partial charge is 0.142 e. The quantitative estimate of drug-likeness (QED) is 0.887.